The van der Waals surface area contributed by atoms with Gasteiger partial charge >= 0.3 is 5.97 Å². The van der Waals surface area contributed by atoms with Crippen LogP contribution in [0.5, 0.6) is 5.75 Å². The fourth-order valence-electron chi connectivity index (χ4n) is 5.04. The van der Waals surface area contributed by atoms with Crippen LogP contribution in [-0.2, 0) is 24.2 Å². The summed E-state index contributed by atoms with van der Waals surface area (Å²) in [6.07, 6.45) is 4.76. The number of hydrogen-bond acceptors (Lipinski definition) is 4. The first-order chi connectivity index (χ1) is 17.9. The van der Waals surface area contributed by atoms with Crippen LogP contribution < -0.4 is 10.1 Å². The van der Waals surface area contributed by atoms with E-state index >= 15 is 0 Å². The van der Waals surface area contributed by atoms with Gasteiger partial charge < -0.3 is 20.3 Å². The molecular formula is C31H36BNO4. The summed E-state index contributed by atoms with van der Waals surface area (Å²) in [6.45, 7) is 2.66. The molecule has 0 aliphatic heterocycles. The summed E-state index contributed by atoms with van der Waals surface area (Å²) in [7, 11) is 5.87. The van der Waals surface area contributed by atoms with Crippen molar-refractivity contribution in [2.75, 3.05) is 11.9 Å². The lowest BCUT2D eigenvalue weighted by atomic mass is 9.72. The minimum Gasteiger partial charge on any atom is -0.489 e. The Balaban J connectivity index is 1.59. The van der Waals surface area contributed by atoms with E-state index in [-0.39, 0.29) is 13.0 Å². The zero-order valence-electron chi connectivity index (χ0n) is 21.5. The quantitative estimate of drug-likeness (QED) is 0.257. The molecule has 3 unspecified atom stereocenters. The van der Waals surface area contributed by atoms with Gasteiger partial charge in [0, 0.05) is 23.9 Å². The number of carbonyl (C=O) groups is 1. The first kappa shape index (κ1) is 26.8. The van der Waals surface area contributed by atoms with Gasteiger partial charge in [0.05, 0.1) is 14.3 Å². The van der Waals surface area contributed by atoms with E-state index in [9.17, 15) is 15.0 Å². The average molecular weight is 497 g/mol. The fraction of sp³-hybridized carbons (Fsp3) is 0.387. The molecule has 0 aromatic heterocycles. The minimum atomic E-state index is -0.883. The lowest BCUT2D eigenvalue weighted by Crippen LogP contribution is -2.39. The molecule has 5 nitrogen and oxygen atoms in total. The molecule has 3 N–H and O–H groups in total. The molecule has 1 aliphatic rings. The van der Waals surface area contributed by atoms with E-state index in [0.29, 0.717) is 48.5 Å². The Kier molecular flexibility index (Phi) is 9.29. The number of aliphatic hydroxyl groups excluding tert-OH is 1. The predicted octanol–water partition coefficient (Wildman–Crippen LogP) is 5.90. The molecule has 0 spiro atoms. The normalized spacial score (nSPS) is 17.6. The number of ether oxygens (including phenoxy) is 1. The molecule has 6 heteroatoms. The molecule has 3 atom stereocenters. The van der Waals surface area contributed by atoms with E-state index in [1.807, 2.05) is 30.3 Å². The van der Waals surface area contributed by atoms with Crippen LogP contribution in [0, 0.1) is 11.8 Å². The standard InChI is InChI=1S/C31H36BNO4/c1-21(19-32)13-25-9-10-29(25)33-28-16-23(20-37-30-8-3-2-6-26(30)18-31(35)36)15-27(17-28)24-7-4-5-22(14-24)11-12-34/h2-8,14-17,21,25,29,33-34H,9-13,18-20H2,1H3,(H,35,36). The monoisotopic (exact) mass is 497 g/mol. The maximum atomic E-state index is 11.3. The third-order valence-electron chi connectivity index (χ3n) is 7.24. The van der Waals surface area contributed by atoms with Crippen LogP contribution in [0.4, 0.5) is 5.69 Å². The summed E-state index contributed by atoms with van der Waals surface area (Å²) in [5.41, 5.74) is 5.97. The van der Waals surface area contributed by atoms with E-state index in [2.05, 4.69) is 42.6 Å². The third-order valence-corrected chi connectivity index (χ3v) is 7.24. The molecular weight excluding hydrogens is 461 g/mol. The highest BCUT2D eigenvalue weighted by Crippen LogP contribution is 2.37. The van der Waals surface area contributed by atoms with Gasteiger partial charge in [-0.1, -0.05) is 61.6 Å². The SMILES string of the molecule is [B]CC(C)CC1CCC1Nc1cc(COc2ccccc2CC(=O)O)cc(-c2cccc(CCO)c2)c1. The van der Waals surface area contributed by atoms with Crippen molar-refractivity contribution in [2.45, 2.75) is 58.0 Å². The Hall–Kier alpha value is -3.25. The lowest BCUT2D eigenvalue weighted by molar-refractivity contribution is -0.136. The number of carboxylic acid groups (broad SMARTS) is 1. The van der Waals surface area contributed by atoms with Gasteiger partial charge in [0.25, 0.3) is 0 Å². The summed E-state index contributed by atoms with van der Waals surface area (Å²) < 4.78 is 6.13. The number of aliphatic carboxylic acids is 1. The van der Waals surface area contributed by atoms with Crippen LogP contribution in [0.15, 0.2) is 66.7 Å². The van der Waals surface area contributed by atoms with Crippen molar-refractivity contribution < 1.29 is 19.7 Å². The first-order valence-electron chi connectivity index (χ1n) is 13.2. The Morgan fingerprint density at radius 3 is 2.59 bits per heavy atom. The zero-order chi connectivity index (χ0) is 26.2. The maximum absolute atomic E-state index is 11.3. The molecule has 0 amide bonds. The molecule has 37 heavy (non-hydrogen) atoms. The fourth-order valence-corrected chi connectivity index (χ4v) is 5.04. The molecule has 4 rings (SSSR count). The first-order valence-corrected chi connectivity index (χ1v) is 13.2. The van der Waals surface area contributed by atoms with Gasteiger partial charge in [0.2, 0.25) is 0 Å². The number of aliphatic hydroxyl groups is 1. The van der Waals surface area contributed by atoms with Gasteiger partial charge in [0.15, 0.2) is 0 Å². The molecule has 1 saturated carbocycles. The summed E-state index contributed by atoms with van der Waals surface area (Å²) in [5, 5.41) is 22.4. The van der Waals surface area contributed by atoms with Crippen molar-refractivity contribution in [3.05, 3.63) is 83.4 Å². The van der Waals surface area contributed by atoms with Gasteiger partial charge in [-0.05, 0) is 78.1 Å². The van der Waals surface area contributed by atoms with E-state index in [0.717, 1.165) is 40.8 Å². The highest BCUT2D eigenvalue weighted by atomic mass is 16.5. The predicted molar refractivity (Wildman–Crippen MR) is 149 cm³/mol. The summed E-state index contributed by atoms with van der Waals surface area (Å²) in [5.74, 6) is 0.846. The topological polar surface area (TPSA) is 78.8 Å². The number of rotatable bonds is 13. The molecule has 0 bridgehead atoms. The van der Waals surface area contributed by atoms with Crippen molar-refractivity contribution in [3.63, 3.8) is 0 Å². The summed E-state index contributed by atoms with van der Waals surface area (Å²) in [6, 6.07) is 22.4. The molecule has 3 aromatic carbocycles. The average Bonchev–Trinajstić information content (AvgIpc) is 2.89. The maximum Gasteiger partial charge on any atom is 0.307 e. The van der Waals surface area contributed by atoms with Crippen molar-refractivity contribution in [1.29, 1.82) is 0 Å². The Labute approximate surface area is 221 Å². The summed E-state index contributed by atoms with van der Waals surface area (Å²) >= 11 is 0. The van der Waals surface area contributed by atoms with Crippen LogP contribution in [0.3, 0.4) is 0 Å². The lowest BCUT2D eigenvalue weighted by Gasteiger charge is -2.39. The Bertz CT molecular complexity index is 1200. The highest BCUT2D eigenvalue weighted by Gasteiger charge is 2.31. The second kappa shape index (κ2) is 12.8. The van der Waals surface area contributed by atoms with Crippen molar-refractivity contribution in [3.8, 4) is 16.9 Å². The Morgan fingerprint density at radius 2 is 1.86 bits per heavy atom. The molecule has 0 saturated heterocycles. The summed E-state index contributed by atoms with van der Waals surface area (Å²) in [4.78, 5) is 11.3. The third kappa shape index (κ3) is 7.39. The second-order valence-corrected chi connectivity index (χ2v) is 10.2. The molecule has 2 radical (unpaired) electrons. The molecule has 192 valence electrons. The van der Waals surface area contributed by atoms with Crippen LogP contribution >= 0.6 is 0 Å². The van der Waals surface area contributed by atoms with E-state index < -0.39 is 5.97 Å². The van der Waals surface area contributed by atoms with Gasteiger partial charge in [-0.25, -0.2) is 0 Å². The van der Waals surface area contributed by atoms with Crippen molar-refractivity contribution >= 4 is 19.5 Å². The van der Waals surface area contributed by atoms with Gasteiger partial charge in [-0.15, -0.1) is 0 Å². The largest absolute Gasteiger partial charge is 0.489 e. The van der Waals surface area contributed by atoms with Gasteiger partial charge in [0.1, 0.15) is 12.4 Å². The van der Waals surface area contributed by atoms with Crippen LogP contribution in [0.25, 0.3) is 11.1 Å². The number of benzene rings is 3. The number of para-hydroxylation sites is 1. The van der Waals surface area contributed by atoms with Gasteiger partial charge in [-0.3, -0.25) is 4.79 Å². The van der Waals surface area contributed by atoms with Crippen LogP contribution in [-0.4, -0.2) is 36.7 Å². The van der Waals surface area contributed by atoms with Crippen molar-refractivity contribution in [1.82, 2.24) is 0 Å². The van der Waals surface area contributed by atoms with Crippen LogP contribution in [0.2, 0.25) is 6.32 Å². The van der Waals surface area contributed by atoms with Gasteiger partial charge in [-0.2, -0.15) is 0 Å². The molecule has 3 aromatic rings. The highest BCUT2D eigenvalue weighted by molar-refractivity contribution is 6.08. The van der Waals surface area contributed by atoms with E-state index in [1.54, 1.807) is 6.07 Å². The number of nitrogens with one attached hydrogen (secondary N) is 1. The van der Waals surface area contributed by atoms with Crippen LogP contribution in [0.1, 0.15) is 42.9 Å². The zero-order valence-corrected chi connectivity index (χ0v) is 21.5. The van der Waals surface area contributed by atoms with E-state index in [4.69, 9.17) is 12.6 Å². The smallest absolute Gasteiger partial charge is 0.307 e. The second-order valence-electron chi connectivity index (χ2n) is 10.2. The number of hydrogen-bond donors (Lipinski definition) is 3. The number of carboxylic acids is 1. The molecule has 1 fully saturated rings. The molecule has 0 heterocycles. The van der Waals surface area contributed by atoms with Crippen molar-refractivity contribution in [2.24, 2.45) is 11.8 Å². The Morgan fingerprint density at radius 1 is 1.05 bits per heavy atom. The minimum absolute atomic E-state index is 0.0784. The number of anilines is 1. The molecule has 1 aliphatic carbocycles. The van der Waals surface area contributed by atoms with E-state index in [1.165, 1.54) is 6.42 Å².